The maximum atomic E-state index is 12.1. The SMILES string of the molecule is [B][C@@H]1O[C@H](COP2(=O)OCCCO2)[C@H]2OC(=C)O[C@@]12C. The Labute approximate surface area is 118 Å². The van der Waals surface area contributed by atoms with Gasteiger partial charge in [-0.3, -0.25) is 13.6 Å². The van der Waals surface area contributed by atoms with Crippen LogP contribution < -0.4 is 0 Å². The van der Waals surface area contributed by atoms with Crippen LogP contribution in [0, 0.1) is 0 Å². The molecule has 9 heteroatoms. The Balaban J connectivity index is 1.64. The summed E-state index contributed by atoms with van der Waals surface area (Å²) in [7, 11) is 2.39. The lowest BCUT2D eigenvalue weighted by molar-refractivity contribution is -0.0434. The minimum atomic E-state index is -3.50. The minimum absolute atomic E-state index is 0.0259. The van der Waals surface area contributed by atoms with Gasteiger partial charge in [0.05, 0.1) is 25.8 Å². The summed E-state index contributed by atoms with van der Waals surface area (Å²) in [4.78, 5) is 0. The molecular formula is C11H16BO7P. The van der Waals surface area contributed by atoms with Crippen LogP contribution in [0.2, 0.25) is 0 Å². The van der Waals surface area contributed by atoms with E-state index in [2.05, 4.69) is 6.58 Å². The molecule has 0 bridgehead atoms. The number of hydrogen-bond donors (Lipinski definition) is 0. The predicted molar refractivity (Wildman–Crippen MR) is 68.0 cm³/mol. The van der Waals surface area contributed by atoms with Gasteiger partial charge in [-0.05, 0) is 19.9 Å². The zero-order chi connectivity index (χ0) is 14.4. The number of fused-ring (bicyclic) bond motifs is 1. The summed E-state index contributed by atoms with van der Waals surface area (Å²) in [6.07, 6.45) is -0.314. The monoisotopic (exact) mass is 302 g/mol. The van der Waals surface area contributed by atoms with Crippen LogP contribution in [0.15, 0.2) is 12.5 Å². The molecule has 0 aliphatic carbocycles. The van der Waals surface area contributed by atoms with Crippen molar-refractivity contribution in [3.05, 3.63) is 12.5 Å². The van der Waals surface area contributed by atoms with E-state index in [9.17, 15) is 4.57 Å². The second-order valence-corrected chi connectivity index (χ2v) is 6.72. The van der Waals surface area contributed by atoms with Gasteiger partial charge in [0.2, 0.25) is 0 Å². The number of rotatable bonds is 3. The van der Waals surface area contributed by atoms with Gasteiger partial charge in [0.1, 0.15) is 14.0 Å². The van der Waals surface area contributed by atoms with Crippen molar-refractivity contribution in [2.45, 2.75) is 37.2 Å². The molecule has 0 N–H and O–H groups in total. The average molecular weight is 302 g/mol. The zero-order valence-corrected chi connectivity index (χ0v) is 12.0. The highest BCUT2D eigenvalue weighted by atomic mass is 31.2. The van der Waals surface area contributed by atoms with Gasteiger partial charge in [-0.1, -0.05) is 0 Å². The van der Waals surface area contributed by atoms with E-state index in [1.54, 1.807) is 6.92 Å². The summed E-state index contributed by atoms with van der Waals surface area (Å²) in [5, 5.41) is 0. The largest absolute Gasteiger partial charge is 0.474 e. The Kier molecular flexibility index (Phi) is 3.63. The van der Waals surface area contributed by atoms with Crippen molar-refractivity contribution in [1.82, 2.24) is 0 Å². The average Bonchev–Trinajstić information content (AvgIpc) is 2.81. The zero-order valence-electron chi connectivity index (χ0n) is 11.1. The molecular weight excluding hydrogens is 286 g/mol. The van der Waals surface area contributed by atoms with Gasteiger partial charge in [0.15, 0.2) is 11.7 Å². The smallest absolute Gasteiger partial charge is 0.455 e. The number of ether oxygens (including phenoxy) is 3. The van der Waals surface area contributed by atoms with E-state index in [4.69, 9.17) is 35.6 Å². The molecule has 3 heterocycles. The molecule has 3 aliphatic heterocycles. The Morgan fingerprint density at radius 1 is 1.50 bits per heavy atom. The van der Waals surface area contributed by atoms with Crippen molar-refractivity contribution in [2.75, 3.05) is 19.8 Å². The number of phosphoric ester groups is 1. The van der Waals surface area contributed by atoms with E-state index in [1.165, 1.54) is 0 Å². The normalized spacial score (nSPS) is 42.9. The molecule has 0 saturated carbocycles. The maximum Gasteiger partial charge on any atom is 0.474 e. The summed E-state index contributed by atoms with van der Waals surface area (Å²) in [5.41, 5.74) is -0.826. The van der Waals surface area contributed by atoms with Crippen LogP contribution in [0.4, 0.5) is 0 Å². The van der Waals surface area contributed by atoms with Crippen molar-refractivity contribution in [3.63, 3.8) is 0 Å². The standard InChI is InChI=1S/C11H16BO7P/c1-7-17-9-8(18-10(12)11(9,2)19-7)6-16-20(13)14-4-3-5-15-20/h8-10H,1,3-6H2,2H3/t8-,9-,10-,11-/m1/s1. The molecule has 110 valence electrons. The third kappa shape index (κ3) is 2.40. The molecule has 20 heavy (non-hydrogen) atoms. The third-order valence-corrected chi connectivity index (χ3v) is 5.03. The van der Waals surface area contributed by atoms with Gasteiger partial charge in [0, 0.05) is 0 Å². The van der Waals surface area contributed by atoms with Gasteiger partial charge in [0.25, 0.3) is 5.95 Å². The molecule has 3 rings (SSSR count). The van der Waals surface area contributed by atoms with E-state index in [-0.39, 0.29) is 12.6 Å². The Morgan fingerprint density at radius 2 is 2.20 bits per heavy atom. The molecule has 3 saturated heterocycles. The third-order valence-electron chi connectivity index (χ3n) is 3.57. The van der Waals surface area contributed by atoms with Crippen LogP contribution in [0.5, 0.6) is 0 Å². The first-order chi connectivity index (χ1) is 9.43. The molecule has 0 spiro atoms. The van der Waals surface area contributed by atoms with Crippen LogP contribution in [-0.4, -0.2) is 51.5 Å². The Morgan fingerprint density at radius 3 is 2.90 bits per heavy atom. The van der Waals surface area contributed by atoms with Gasteiger partial charge in [-0.15, -0.1) is 0 Å². The van der Waals surface area contributed by atoms with Gasteiger partial charge < -0.3 is 14.2 Å². The van der Waals surface area contributed by atoms with Crippen LogP contribution in [-0.2, 0) is 32.3 Å². The van der Waals surface area contributed by atoms with Crippen molar-refractivity contribution in [1.29, 1.82) is 0 Å². The molecule has 0 aromatic rings. The van der Waals surface area contributed by atoms with E-state index < -0.39 is 31.6 Å². The molecule has 0 aromatic heterocycles. The summed E-state index contributed by atoms with van der Waals surface area (Å²) in [6, 6.07) is -0.686. The first-order valence-corrected chi connectivity index (χ1v) is 7.88. The maximum absolute atomic E-state index is 12.1. The molecule has 3 fully saturated rings. The lowest BCUT2D eigenvalue weighted by Crippen LogP contribution is -2.43. The summed E-state index contributed by atoms with van der Waals surface area (Å²) < 4.78 is 43.9. The van der Waals surface area contributed by atoms with E-state index in [1.807, 2.05) is 0 Å². The second kappa shape index (κ2) is 5.03. The fourth-order valence-electron chi connectivity index (χ4n) is 2.46. The van der Waals surface area contributed by atoms with Crippen LogP contribution >= 0.6 is 7.82 Å². The highest BCUT2D eigenvalue weighted by molar-refractivity contribution is 7.48. The Bertz CT molecular complexity index is 448. The molecule has 7 nitrogen and oxygen atoms in total. The van der Waals surface area contributed by atoms with E-state index >= 15 is 0 Å². The number of phosphoric acid groups is 1. The topological polar surface area (TPSA) is 72.5 Å². The van der Waals surface area contributed by atoms with Crippen molar-refractivity contribution < 1.29 is 32.3 Å². The lowest BCUT2D eigenvalue weighted by Gasteiger charge is -2.24. The Hall–Kier alpha value is -0.525. The van der Waals surface area contributed by atoms with Gasteiger partial charge in [-0.25, -0.2) is 4.57 Å². The van der Waals surface area contributed by atoms with Gasteiger partial charge in [-0.2, -0.15) is 0 Å². The van der Waals surface area contributed by atoms with Crippen LogP contribution in [0.1, 0.15) is 13.3 Å². The van der Waals surface area contributed by atoms with Gasteiger partial charge >= 0.3 is 7.82 Å². The van der Waals surface area contributed by atoms with Crippen molar-refractivity contribution >= 4 is 15.7 Å². The molecule has 0 unspecified atom stereocenters. The first-order valence-electron chi connectivity index (χ1n) is 6.42. The fraction of sp³-hybridized carbons (Fsp3) is 0.818. The fourth-order valence-corrected chi connectivity index (χ4v) is 3.72. The van der Waals surface area contributed by atoms with Crippen molar-refractivity contribution in [2.24, 2.45) is 0 Å². The van der Waals surface area contributed by atoms with Crippen LogP contribution in [0.3, 0.4) is 0 Å². The molecule has 2 radical (unpaired) electrons. The second-order valence-electron chi connectivity index (χ2n) is 5.05. The lowest BCUT2D eigenvalue weighted by atomic mass is 9.82. The van der Waals surface area contributed by atoms with E-state index in [0.29, 0.717) is 19.6 Å². The highest BCUT2D eigenvalue weighted by Gasteiger charge is 2.59. The van der Waals surface area contributed by atoms with Crippen LogP contribution in [0.25, 0.3) is 0 Å². The summed E-state index contributed by atoms with van der Waals surface area (Å²) >= 11 is 0. The quantitative estimate of drug-likeness (QED) is 0.570. The first kappa shape index (κ1) is 14.4. The summed E-state index contributed by atoms with van der Waals surface area (Å²) in [6.45, 7) is 6.06. The summed E-state index contributed by atoms with van der Waals surface area (Å²) in [5.74, 6) is 0.193. The van der Waals surface area contributed by atoms with E-state index in [0.717, 1.165) is 0 Å². The number of hydrogen-bond acceptors (Lipinski definition) is 7. The predicted octanol–water partition coefficient (Wildman–Crippen LogP) is 1.09. The highest BCUT2D eigenvalue weighted by Crippen LogP contribution is 2.52. The van der Waals surface area contributed by atoms with Crippen molar-refractivity contribution in [3.8, 4) is 0 Å². The molecule has 3 aliphatic rings. The molecule has 0 amide bonds. The minimum Gasteiger partial charge on any atom is -0.455 e. The molecule has 0 aromatic carbocycles. The molecule has 4 atom stereocenters.